The van der Waals surface area contributed by atoms with Crippen LogP contribution in [0.25, 0.3) is 22.0 Å². The van der Waals surface area contributed by atoms with Crippen molar-refractivity contribution in [3.8, 4) is 11.1 Å². The monoisotopic (exact) mass is 631 g/mol. The van der Waals surface area contributed by atoms with Gasteiger partial charge in [0, 0.05) is 72.0 Å². The molecular formula is C35H28FN6O3S+. The summed E-state index contributed by atoms with van der Waals surface area (Å²) in [6.07, 6.45) is 12.5. The van der Waals surface area contributed by atoms with Gasteiger partial charge >= 0.3 is 11.9 Å². The maximum atomic E-state index is 14.2. The van der Waals surface area contributed by atoms with E-state index in [1.165, 1.54) is 27.8 Å². The lowest BCUT2D eigenvalue weighted by atomic mass is 10.00. The summed E-state index contributed by atoms with van der Waals surface area (Å²) in [5.74, 6) is -0.265. The Hall–Kier alpha value is -5.42. The van der Waals surface area contributed by atoms with Crippen LogP contribution in [-0.4, -0.2) is 62.1 Å². The summed E-state index contributed by atoms with van der Waals surface area (Å²) in [5, 5.41) is 4.80. The summed E-state index contributed by atoms with van der Waals surface area (Å²) in [7, 11) is 3.32. The van der Waals surface area contributed by atoms with E-state index in [-0.39, 0.29) is 28.9 Å². The van der Waals surface area contributed by atoms with E-state index >= 15 is 0 Å². The summed E-state index contributed by atoms with van der Waals surface area (Å²) in [6, 6.07) is 16.7. The predicted molar refractivity (Wildman–Crippen MR) is 173 cm³/mol. The molecule has 0 saturated heterocycles. The second-order valence-electron chi connectivity index (χ2n) is 11.2. The van der Waals surface area contributed by atoms with Gasteiger partial charge in [-0.15, -0.1) is 11.8 Å². The van der Waals surface area contributed by atoms with Crippen molar-refractivity contribution in [2.24, 2.45) is 5.11 Å². The third kappa shape index (κ3) is 5.28. The zero-order valence-corrected chi connectivity index (χ0v) is 25.8. The first-order valence-electron chi connectivity index (χ1n) is 14.6. The number of amides is 2. The van der Waals surface area contributed by atoms with Crippen LogP contribution in [0.1, 0.15) is 37.3 Å². The van der Waals surface area contributed by atoms with Gasteiger partial charge in [0.2, 0.25) is 6.20 Å². The van der Waals surface area contributed by atoms with E-state index in [9.17, 15) is 18.8 Å². The van der Waals surface area contributed by atoms with Gasteiger partial charge in [-0.25, -0.2) is 9.18 Å². The van der Waals surface area contributed by atoms with Crippen LogP contribution in [0.4, 0.5) is 9.18 Å². The lowest BCUT2D eigenvalue weighted by Gasteiger charge is -2.14. The highest BCUT2D eigenvalue weighted by atomic mass is 32.2. The van der Waals surface area contributed by atoms with E-state index in [2.05, 4.69) is 14.7 Å². The quantitative estimate of drug-likeness (QED) is 0.155. The number of hydrogen-bond donors (Lipinski definition) is 0. The lowest BCUT2D eigenvalue weighted by Crippen LogP contribution is -2.26. The molecule has 0 N–H and O–H groups in total. The van der Waals surface area contributed by atoms with Crippen LogP contribution in [-0.2, 0) is 5.75 Å². The number of benzene rings is 2. The van der Waals surface area contributed by atoms with Gasteiger partial charge in [-0.3, -0.25) is 19.1 Å². The summed E-state index contributed by atoms with van der Waals surface area (Å²) < 4.78 is 18.8. The van der Waals surface area contributed by atoms with Crippen LogP contribution in [0.3, 0.4) is 0 Å². The van der Waals surface area contributed by atoms with Crippen molar-refractivity contribution in [2.75, 3.05) is 20.6 Å². The number of aromatic nitrogens is 3. The minimum Gasteiger partial charge on any atom is -0.333 e. The van der Waals surface area contributed by atoms with E-state index in [4.69, 9.17) is 0 Å². The number of allylic oxidation sites excluding steroid dienone is 1. The number of carbonyl (C=O) groups is 3. The van der Waals surface area contributed by atoms with Gasteiger partial charge in [-0.2, -0.15) is 0 Å². The largest absolute Gasteiger partial charge is 0.340 e. The third-order valence-corrected chi connectivity index (χ3v) is 9.28. The highest BCUT2D eigenvalue weighted by molar-refractivity contribution is 7.99. The molecule has 3 aromatic heterocycles. The molecule has 0 saturated carbocycles. The topological polar surface area (TPSA) is 92.6 Å². The first kappa shape index (κ1) is 29.3. The molecule has 0 aliphatic carbocycles. The van der Waals surface area contributed by atoms with E-state index < -0.39 is 0 Å². The zero-order valence-electron chi connectivity index (χ0n) is 25.0. The minimum absolute atomic E-state index is 0.103. The zero-order chi connectivity index (χ0) is 31.9. The molecule has 0 spiro atoms. The Morgan fingerprint density at radius 1 is 1.04 bits per heavy atom. The molecule has 2 aliphatic heterocycles. The van der Waals surface area contributed by atoms with Crippen LogP contribution >= 0.6 is 11.8 Å². The van der Waals surface area contributed by atoms with Gasteiger partial charge in [0.15, 0.2) is 12.3 Å². The second kappa shape index (κ2) is 11.8. The number of fused-ring (bicyclic) bond motifs is 2. The van der Waals surface area contributed by atoms with Crippen LogP contribution < -0.4 is 0 Å². The van der Waals surface area contributed by atoms with Crippen LogP contribution in [0, 0.1) is 5.82 Å². The van der Waals surface area contributed by atoms with Crippen molar-refractivity contribution in [2.45, 2.75) is 11.1 Å². The molecule has 0 radical (unpaired) electrons. The van der Waals surface area contributed by atoms with Gasteiger partial charge in [-0.1, -0.05) is 29.0 Å². The number of nitrogens with zero attached hydrogens (tertiary/aromatic N) is 6. The fourth-order valence-corrected chi connectivity index (χ4v) is 7.06. The van der Waals surface area contributed by atoms with Crippen LogP contribution in [0.15, 0.2) is 114 Å². The molecule has 46 heavy (non-hydrogen) atoms. The normalized spacial score (nSPS) is 16.5. The van der Waals surface area contributed by atoms with Crippen molar-refractivity contribution in [1.29, 1.82) is 0 Å². The average Bonchev–Trinajstić information content (AvgIpc) is 3.79. The van der Waals surface area contributed by atoms with Gasteiger partial charge in [0.1, 0.15) is 11.2 Å². The number of halogens is 1. The highest BCUT2D eigenvalue weighted by Crippen LogP contribution is 2.44. The number of rotatable bonds is 5. The predicted octanol–water partition coefficient (Wildman–Crippen LogP) is 6.91. The Balaban J connectivity index is 1.22. The Kier molecular flexibility index (Phi) is 7.53. The molecule has 2 aromatic carbocycles. The SMILES string of the molecule is CN(C)C(=O)n1cc(C(=O)c2ccn3c2CS[C@@H]3C2=C[N+](=NC(=O)c3cccnc3)CC=C2)c2ccc(-c3ccc(F)cc3)cc21. The first-order valence-corrected chi connectivity index (χ1v) is 15.6. The first-order chi connectivity index (χ1) is 22.3. The fourth-order valence-electron chi connectivity index (χ4n) is 5.75. The maximum absolute atomic E-state index is 14.2. The van der Waals surface area contributed by atoms with Crippen molar-refractivity contribution < 1.29 is 23.5 Å². The summed E-state index contributed by atoms with van der Waals surface area (Å²) in [5.41, 5.74) is 5.45. The van der Waals surface area contributed by atoms with E-state index in [0.717, 1.165) is 22.4 Å². The lowest BCUT2D eigenvalue weighted by molar-refractivity contribution is -0.514. The second-order valence-corrected chi connectivity index (χ2v) is 12.3. The number of carbonyl (C=O) groups excluding carboxylic acids is 3. The van der Waals surface area contributed by atoms with Gasteiger partial charge in [0.25, 0.3) is 0 Å². The molecule has 1 atom stereocenters. The third-order valence-electron chi connectivity index (χ3n) is 8.03. The maximum Gasteiger partial charge on any atom is 0.340 e. The highest BCUT2D eigenvalue weighted by Gasteiger charge is 2.32. The molecule has 0 unspecified atom stereocenters. The molecule has 5 heterocycles. The van der Waals surface area contributed by atoms with Gasteiger partial charge in [0.05, 0.1) is 16.7 Å². The molecular weight excluding hydrogens is 603 g/mol. The van der Waals surface area contributed by atoms with Crippen LogP contribution in [0.2, 0.25) is 0 Å². The number of thioether (sulfide) groups is 1. The Bertz CT molecular complexity index is 2130. The molecule has 11 heteroatoms. The van der Waals surface area contributed by atoms with E-state index in [0.29, 0.717) is 39.9 Å². The Labute approximate surface area is 268 Å². The van der Waals surface area contributed by atoms with Crippen LogP contribution in [0.5, 0.6) is 0 Å². The van der Waals surface area contributed by atoms with Gasteiger partial charge < -0.3 is 9.47 Å². The van der Waals surface area contributed by atoms with Gasteiger partial charge in [-0.05, 0) is 59.7 Å². The number of azo groups is 2. The van der Waals surface area contributed by atoms with Crippen molar-refractivity contribution in [3.05, 3.63) is 138 Å². The molecule has 7 rings (SSSR count). The molecule has 0 bridgehead atoms. The Morgan fingerprint density at radius 2 is 1.85 bits per heavy atom. The molecule has 2 aliphatic rings. The molecule has 0 fully saturated rings. The number of ketones is 1. The van der Waals surface area contributed by atoms with E-state index in [1.807, 2.05) is 48.8 Å². The molecule has 228 valence electrons. The van der Waals surface area contributed by atoms with Crippen molar-refractivity contribution >= 4 is 40.4 Å². The smallest absolute Gasteiger partial charge is 0.333 e. The minimum atomic E-state index is -0.371. The summed E-state index contributed by atoms with van der Waals surface area (Å²) >= 11 is 1.68. The number of pyridine rings is 1. The molecule has 9 nitrogen and oxygen atoms in total. The van der Waals surface area contributed by atoms with Crippen molar-refractivity contribution in [3.63, 3.8) is 0 Å². The number of hydrogen-bond acceptors (Lipinski definition) is 5. The van der Waals surface area contributed by atoms with E-state index in [1.54, 1.807) is 67.2 Å². The summed E-state index contributed by atoms with van der Waals surface area (Å²) in [4.78, 5) is 45.5. The molecule has 5 aromatic rings. The standard InChI is InChI=1S/C35H28FN6O3S/c1-39(2)35(45)42-20-29(27-12-9-23(17-30(27)42)22-7-10-26(36)11-8-22)32(43)28-13-16-41-31(28)21-46-34(41)25-6-4-15-40(19-25)38-33(44)24-5-3-14-37-18-24/h3-14,16-20,34H,15,21H2,1-2H3/q+1/t34-/m1/s1. The summed E-state index contributed by atoms with van der Waals surface area (Å²) in [6.45, 7) is 0.466. The fraction of sp³-hybridized carbons (Fsp3) is 0.143. The average molecular weight is 632 g/mol. The molecule has 2 amide bonds. The Morgan fingerprint density at radius 3 is 2.61 bits per heavy atom. The van der Waals surface area contributed by atoms with Crippen molar-refractivity contribution in [1.82, 2.24) is 19.0 Å².